The standard InChI is InChI=1S/C18H23NO2/c20-16(15-4-2-1-3-5-15)17(21)19-18-9-12-6-13(10-18)8-14(7-12)11-18/h1-5,12-14,16,20H,6-11H2,(H,19,21). The first-order chi connectivity index (χ1) is 10.1. The van der Waals surface area contributed by atoms with Gasteiger partial charge in [0.2, 0.25) is 0 Å². The molecule has 21 heavy (non-hydrogen) atoms. The first kappa shape index (κ1) is 13.3. The molecule has 1 unspecified atom stereocenters. The Morgan fingerprint density at radius 1 is 1.05 bits per heavy atom. The largest absolute Gasteiger partial charge is 0.378 e. The zero-order valence-electron chi connectivity index (χ0n) is 12.3. The number of carbonyl (C=O) groups is 1. The van der Waals surface area contributed by atoms with E-state index in [0.29, 0.717) is 5.56 Å². The predicted molar refractivity (Wildman–Crippen MR) is 80.4 cm³/mol. The van der Waals surface area contributed by atoms with Crippen LogP contribution in [0.1, 0.15) is 50.2 Å². The van der Waals surface area contributed by atoms with Gasteiger partial charge in [-0.25, -0.2) is 0 Å². The molecule has 1 aromatic carbocycles. The van der Waals surface area contributed by atoms with Crippen molar-refractivity contribution in [1.82, 2.24) is 5.32 Å². The Balaban J connectivity index is 1.49. The molecule has 3 nitrogen and oxygen atoms in total. The fourth-order valence-electron chi connectivity index (χ4n) is 5.38. The number of rotatable bonds is 3. The van der Waals surface area contributed by atoms with Crippen LogP contribution in [0.2, 0.25) is 0 Å². The molecule has 4 aliphatic carbocycles. The third-order valence-corrected chi connectivity index (χ3v) is 5.79. The second-order valence-electron chi connectivity index (χ2n) is 7.50. The summed E-state index contributed by atoms with van der Waals surface area (Å²) in [6.45, 7) is 0. The molecule has 112 valence electrons. The third-order valence-electron chi connectivity index (χ3n) is 5.79. The van der Waals surface area contributed by atoms with E-state index in [2.05, 4.69) is 5.32 Å². The predicted octanol–water partition coefficient (Wildman–Crippen LogP) is 2.81. The maximum atomic E-state index is 12.5. The van der Waals surface area contributed by atoms with Gasteiger partial charge >= 0.3 is 0 Å². The van der Waals surface area contributed by atoms with E-state index in [1.165, 1.54) is 19.3 Å². The second kappa shape index (κ2) is 4.84. The van der Waals surface area contributed by atoms with Crippen molar-refractivity contribution in [2.45, 2.75) is 50.2 Å². The highest BCUT2D eigenvalue weighted by Gasteiger charge is 2.51. The summed E-state index contributed by atoms with van der Waals surface area (Å²) in [6.07, 6.45) is 6.38. The Morgan fingerprint density at radius 2 is 1.57 bits per heavy atom. The summed E-state index contributed by atoms with van der Waals surface area (Å²) in [5.74, 6) is 2.17. The van der Waals surface area contributed by atoms with Crippen LogP contribution in [0.25, 0.3) is 0 Å². The summed E-state index contributed by atoms with van der Waals surface area (Å²) in [4.78, 5) is 12.5. The molecule has 0 aromatic heterocycles. The highest BCUT2D eigenvalue weighted by atomic mass is 16.3. The minimum absolute atomic E-state index is 0.0262. The average Bonchev–Trinajstić information content (AvgIpc) is 2.45. The van der Waals surface area contributed by atoms with Gasteiger partial charge in [-0.05, 0) is 61.8 Å². The fourth-order valence-corrected chi connectivity index (χ4v) is 5.38. The number of carbonyl (C=O) groups excluding carboxylic acids is 1. The van der Waals surface area contributed by atoms with Crippen LogP contribution < -0.4 is 5.32 Å². The third kappa shape index (κ3) is 2.38. The highest BCUT2D eigenvalue weighted by Crippen LogP contribution is 2.55. The highest BCUT2D eigenvalue weighted by molar-refractivity contribution is 5.82. The zero-order chi connectivity index (χ0) is 14.4. The van der Waals surface area contributed by atoms with E-state index >= 15 is 0 Å². The molecule has 4 saturated carbocycles. The van der Waals surface area contributed by atoms with Gasteiger partial charge in [-0.1, -0.05) is 30.3 Å². The molecule has 1 amide bonds. The monoisotopic (exact) mass is 285 g/mol. The van der Waals surface area contributed by atoms with Crippen molar-refractivity contribution in [3.8, 4) is 0 Å². The van der Waals surface area contributed by atoms with Gasteiger partial charge in [-0.2, -0.15) is 0 Å². The molecule has 0 aliphatic heterocycles. The average molecular weight is 285 g/mol. The molecule has 0 saturated heterocycles. The van der Waals surface area contributed by atoms with Crippen LogP contribution in [0.3, 0.4) is 0 Å². The molecule has 5 rings (SSSR count). The number of amides is 1. The Hall–Kier alpha value is -1.35. The second-order valence-corrected chi connectivity index (χ2v) is 7.50. The Kier molecular flexibility index (Phi) is 3.07. The van der Waals surface area contributed by atoms with Crippen LogP contribution >= 0.6 is 0 Å². The van der Waals surface area contributed by atoms with E-state index in [9.17, 15) is 9.90 Å². The van der Waals surface area contributed by atoms with E-state index < -0.39 is 6.10 Å². The molecule has 0 heterocycles. The van der Waals surface area contributed by atoms with Crippen molar-refractivity contribution in [2.75, 3.05) is 0 Å². The van der Waals surface area contributed by atoms with Gasteiger partial charge in [-0.15, -0.1) is 0 Å². The smallest absolute Gasteiger partial charge is 0.253 e. The van der Waals surface area contributed by atoms with E-state index in [4.69, 9.17) is 0 Å². The van der Waals surface area contributed by atoms with E-state index in [1.54, 1.807) is 0 Å². The van der Waals surface area contributed by atoms with Gasteiger partial charge < -0.3 is 10.4 Å². The van der Waals surface area contributed by atoms with Crippen LogP contribution in [0.4, 0.5) is 0 Å². The molecule has 4 fully saturated rings. The summed E-state index contributed by atoms with van der Waals surface area (Å²) in [6, 6.07) is 9.23. The molecule has 4 aliphatic rings. The molecule has 1 atom stereocenters. The first-order valence-electron chi connectivity index (χ1n) is 8.19. The molecule has 2 N–H and O–H groups in total. The lowest BCUT2D eigenvalue weighted by Gasteiger charge is -2.57. The summed E-state index contributed by atoms with van der Waals surface area (Å²) < 4.78 is 0. The number of nitrogens with one attached hydrogen (secondary N) is 1. The molecule has 3 heteroatoms. The number of hydrogen-bond acceptors (Lipinski definition) is 2. The van der Waals surface area contributed by atoms with Crippen molar-refractivity contribution in [2.24, 2.45) is 17.8 Å². The van der Waals surface area contributed by atoms with Gasteiger partial charge in [0.05, 0.1) is 0 Å². The minimum Gasteiger partial charge on any atom is -0.378 e. The van der Waals surface area contributed by atoms with Gasteiger partial charge in [0.15, 0.2) is 6.10 Å². The molecular weight excluding hydrogens is 262 g/mol. The fraction of sp³-hybridized carbons (Fsp3) is 0.611. The summed E-state index contributed by atoms with van der Waals surface area (Å²) in [5, 5.41) is 13.5. The molecule has 4 bridgehead atoms. The van der Waals surface area contributed by atoms with Crippen LogP contribution in [-0.4, -0.2) is 16.6 Å². The van der Waals surface area contributed by atoms with Crippen LogP contribution in [0.5, 0.6) is 0 Å². The van der Waals surface area contributed by atoms with Crippen LogP contribution in [0, 0.1) is 17.8 Å². The number of hydrogen-bond donors (Lipinski definition) is 2. The Morgan fingerprint density at radius 3 is 2.10 bits per heavy atom. The van der Waals surface area contributed by atoms with Gasteiger partial charge in [-0.3, -0.25) is 4.79 Å². The first-order valence-corrected chi connectivity index (χ1v) is 8.19. The summed E-state index contributed by atoms with van der Waals surface area (Å²) >= 11 is 0. The van der Waals surface area contributed by atoms with Gasteiger partial charge in [0.25, 0.3) is 5.91 Å². The number of benzene rings is 1. The van der Waals surface area contributed by atoms with Crippen molar-refractivity contribution in [1.29, 1.82) is 0 Å². The van der Waals surface area contributed by atoms with Crippen LogP contribution in [-0.2, 0) is 4.79 Å². The lowest BCUT2D eigenvalue weighted by Crippen LogP contribution is -2.60. The zero-order valence-corrected chi connectivity index (χ0v) is 12.3. The van der Waals surface area contributed by atoms with Crippen molar-refractivity contribution in [3.05, 3.63) is 35.9 Å². The van der Waals surface area contributed by atoms with Crippen molar-refractivity contribution < 1.29 is 9.90 Å². The van der Waals surface area contributed by atoms with Gasteiger partial charge in [0.1, 0.15) is 0 Å². The summed E-state index contributed by atoms with van der Waals surface area (Å²) in [7, 11) is 0. The molecule has 0 radical (unpaired) electrons. The lowest BCUT2D eigenvalue weighted by atomic mass is 9.53. The summed E-state index contributed by atoms with van der Waals surface area (Å²) in [5.41, 5.74) is 0.654. The topological polar surface area (TPSA) is 49.3 Å². The van der Waals surface area contributed by atoms with E-state index in [1.807, 2.05) is 30.3 Å². The Labute approximate surface area is 125 Å². The van der Waals surface area contributed by atoms with Crippen molar-refractivity contribution in [3.63, 3.8) is 0 Å². The van der Waals surface area contributed by atoms with E-state index in [-0.39, 0.29) is 11.4 Å². The van der Waals surface area contributed by atoms with E-state index in [0.717, 1.165) is 37.0 Å². The quantitative estimate of drug-likeness (QED) is 0.897. The normalized spacial score (nSPS) is 38.2. The van der Waals surface area contributed by atoms with Gasteiger partial charge in [0, 0.05) is 5.54 Å². The maximum absolute atomic E-state index is 12.5. The molecule has 0 spiro atoms. The maximum Gasteiger partial charge on any atom is 0.253 e. The number of aliphatic hydroxyl groups is 1. The molecule has 1 aromatic rings. The van der Waals surface area contributed by atoms with Crippen molar-refractivity contribution >= 4 is 5.91 Å². The number of aliphatic hydroxyl groups excluding tert-OH is 1. The van der Waals surface area contributed by atoms with Crippen LogP contribution in [0.15, 0.2) is 30.3 Å². The minimum atomic E-state index is -1.04. The SMILES string of the molecule is O=C(NC12CC3CC(CC(C3)C1)C2)C(O)c1ccccc1. The Bertz CT molecular complexity index is 504. The lowest BCUT2D eigenvalue weighted by molar-refractivity contribution is -0.135. The molecular formula is C18H23NO2.